The van der Waals surface area contributed by atoms with Gasteiger partial charge in [-0.25, -0.2) is 9.37 Å². The van der Waals surface area contributed by atoms with Crippen LogP contribution in [0.5, 0.6) is 0 Å². The minimum Gasteiger partial charge on any atom is -0.453 e. The largest absolute Gasteiger partial charge is 0.453 e. The van der Waals surface area contributed by atoms with Crippen LogP contribution in [0.2, 0.25) is 0 Å². The fourth-order valence-electron chi connectivity index (χ4n) is 4.56. The van der Waals surface area contributed by atoms with Crippen LogP contribution in [0.1, 0.15) is 17.0 Å². The third-order valence-corrected chi connectivity index (χ3v) is 6.82. The average Bonchev–Trinajstić information content (AvgIpc) is 3.43. The first-order chi connectivity index (χ1) is 17.9. The molecule has 0 fully saturated rings. The highest BCUT2D eigenvalue weighted by molar-refractivity contribution is 9.10. The molecule has 0 spiro atoms. The van der Waals surface area contributed by atoms with Crippen molar-refractivity contribution in [2.45, 2.75) is 13.8 Å². The first-order valence-corrected chi connectivity index (χ1v) is 12.4. The molecule has 0 saturated carbocycles. The van der Waals surface area contributed by atoms with Crippen molar-refractivity contribution >= 4 is 44.0 Å². The van der Waals surface area contributed by atoms with Gasteiger partial charge >= 0.3 is 0 Å². The van der Waals surface area contributed by atoms with Gasteiger partial charge in [-0.15, -0.1) is 0 Å². The van der Waals surface area contributed by atoms with Gasteiger partial charge in [0, 0.05) is 26.8 Å². The summed E-state index contributed by atoms with van der Waals surface area (Å²) in [4.78, 5) is 18.3. The molecule has 182 valence electrons. The molecule has 3 aromatic carbocycles. The van der Waals surface area contributed by atoms with Gasteiger partial charge in [0.15, 0.2) is 5.76 Å². The Kier molecular flexibility index (Phi) is 5.61. The summed E-state index contributed by atoms with van der Waals surface area (Å²) in [5, 5.41) is 5.88. The Labute approximate surface area is 219 Å². The summed E-state index contributed by atoms with van der Waals surface area (Å²) >= 11 is 3.48. The molecule has 0 amide bonds. The molecule has 37 heavy (non-hydrogen) atoms. The van der Waals surface area contributed by atoms with Crippen molar-refractivity contribution in [2.75, 3.05) is 0 Å². The van der Waals surface area contributed by atoms with Crippen LogP contribution in [0.25, 0.3) is 39.1 Å². The molecule has 6 aromatic rings. The number of fused-ring (bicyclic) bond motifs is 2. The second-order valence-corrected chi connectivity index (χ2v) is 9.64. The zero-order valence-electron chi connectivity index (χ0n) is 19.9. The molecule has 8 heteroatoms. The van der Waals surface area contributed by atoms with Gasteiger partial charge in [0.05, 0.1) is 22.8 Å². The maximum atomic E-state index is 14.5. The van der Waals surface area contributed by atoms with Crippen LogP contribution < -0.4 is 5.56 Å². The van der Waals surface area contributed by atoms with E-state index in [1.165, 1.54) is 10.7 Å². The SMILES string of the molecule is Cc1cc(C=Nn2c(-c3cc4cc(Br)ccc4o3)nc3ccccc3c2=O)c(C)n1-c1ccccc1F. The molecule has 0 aliphatic rings. The van der Waals surface area contributed by atoms with Crippen molar-refractivity contribution in [3.63, 3.8) is 0 Å². The summed E-state index contributed by atoms with van der Waals surface area (Å²) < 4.78 is 24.6. The van der Waals surface area contributed by atoms with Gasteiger partial charge in [0.2, 0.25) is 5.82 Å². The van der Waals surface area contributed by atoms with Crippen LogP contribution in [0.15, 0.2) is 97.6 Å². The lowest BCUT2D eigenvalue weighted by Gasteiger charge is -2.10. The molecule has 6 rings (SSSR count). The highest BCUT2D eigenvalue weighted by Crippen LogP contribution is 2.29. The Bertz CT molecular complexity index is 1920. The van der Waals surface area contributed by atoms with Crippen molar-refractivity contribution < 1.29 is 8.81 Å². The molecule has 3 aromatic heterocycles. The number of aromatic nitrogens is 3. The monoisotopic (exact) mass is 554 g/mol. The molecule has 0 radical (unpaired) electrons. The molecule has 0 atom stereocenters. The maximum absolute atomic E-state index is 14.5. The molecule has 0 unspecified atom stereocenters. The van der Waals surface area contributed by atoms with Crippen LogP contribution >= 0.6 is 15.9 Å². The van der Waals surface area contributed by atoms with Gasteiger partial charge in [0.1, 0.15) is 11.4 Å². The predicted molar refractivity (Wildman–Crippen MR) is 147 cm³/mol. The van der Waals surface area contributed by atoms with Crippen LogP contribution in [0.3, 0.4) is 0 Å². The molecular weight excluding hydrogens is 535 g/mol. The number of rotatable bonds is 4. The number of furan rings is 1. The lowest BCUT2D eigenvalue weighted by atomic mass is 10.2. The second-order valence-electron chi connectivity index (χ2n) is 8.72. The van der Waals surface area contributed by atoms with E-state index in [2.05, 4.69) is 21.0 Å². The van der Waals surface area contributed by atoms with Gasteiger partial charge in [-0.1, -0.05) is 40.2 Å². The summed E-state index contributed by atoms with van der Waals surface area (Å²) in [5.74, 6) is 0.390. The van der Waals surface area contributed by atoms with Gasteiger partial charge in [0.25, 0.3) is 5.56 Å². The molecule has 0 saturated heterocycles. The van der Waals surface area contributed by atoms with Crippen LogP contribution in [-0.2, 0) is 0 Å². The highest BCUT2D eigenvalue weighted by Gasteiger charge is 2.17. The Hall–Kier alpha value is -4.30. The van der Waals surface area contributed by atoms with Crippen LogP contribution in [0.4, 0.5) is 4.39 Å². The van der Waals surface area contributed by atoms with Crippen molar-refractivity contribution in [1.29, 1.82) is 0 Å². The Balaban J connectivity index is 1.53. The van der Waals surface area contributed by atoms with E-state index in [-0.39, 0.29) is 17.2 Å². The van der Waals surface area contributed by atoms with Gasteiger partial charge < -0.3 is 8.98 Å². The van der Waals surface area contributed by atoms with Crippen molar-refractivity contribution in [2.24, 2.45) is 5.10 Å². The number of hydrogen-bond acceptors (Lipinski definition) is 4. The third-order valence-electron chi connectivity index (χ3n) is 6.33. The van der Waals surface area contributed by atoms with E-state index in [4.69, 9.17) is 9.40 Å². The fourth-order valence-corrected chi connectivity index (χ4v) is 4.94. The average molecular weight is 555 g/mol. The number of nitrogens with zero attached hydrogens (tertiary/aromatic N) is 4. The second kappa shape index (κ2) is 8.97. The van der Waals surface area contributed by atoms with E-state index in [1.54, 1.807) is 42.6 Å². The number of halogens is 2. The lowest BCUT2D eigenvalue weighted by Crippen LogP contribution is -2.20. The molecule has 0 aliphatic carbocycles. The van der Waals surface area contributed by atoms with Crippen molar-refractivity contribution in [1.82, 2.24) is 14.2 Å². The van der Waals surface area contributed by atoms with E-state index in [0.717, 1.165) is 26.8 Å². The number of hydrogen-bond donors (Lipinski definition) is 0. The van der Waals surface area contributed by atoms with Crippen LogP contribution in [0, 0.1) is 19.7 Å². The predicted octanol–water partition coefficient (Wildman–Crippen LogP) is 7.00. The number of para-hydroxylation sites is 2. The fraction of sp³-hybridized carbons (Fsp3) is 0.0690. The molecule has 0 bridgehead atoms. The van der Waals surface area contributed by atoms with Gasteiger partial charge in [-0.2, -0.15) is 9.78 Å². The highest BCUT2D eigenvalue weighted by atomic mass is 79.9. The van der Waals surface area contributed by atoms with Crippen LogP contribution in [-0.4, -0.2) is 20.4 Å². The zero-order valence-corrected chi connectivity index (χ0v) is 21.5. The number of aryl methyl sites for hydroxylation is 1. The van der Waals surface area contributed by atoms with E-state index >= 15 is 0 Å². The smallest absolute Gasteiger partial charge is 0.282 e. The topological polar surface area (TPSA) is 65.3 Å². The van der Waals surface area contributed by atoms with Gasteiger partial charge in [-0.05, 0) is 68.4 Å². The zero-order chi connectivity index (χ0) is 25.7. The first kappa shape index (κ1) is 23.1. The Morgan fingerprint density at radius 3 is 2.62 bits per heavy atom. The maximum Gasteiger partial charge on any atom is 0.282 e. The van der Waals surface area contributed by atoms with E-state index < -0.39 is 0 Å². The van der Waals surface area contributed by atoms with E-state index in [0.29, 0.717) is 27.9 Å². The normalized spacial score (nSPS) is 11.8. The summed E-state index contributed by atoms with van der Waals surface area (Å²) in [5.41, 5.74) is 3.75. The minimum atomic E-state index is -0.318. The molecule has 0 aliphatic heterocycles. The molecule has 0 N–H and O–H groups in total. The first-order valence-electron chi connectivity index (χ1n) is 11.6. The van der Waals surface area contributed by atoms with E-state index in [9.17, 15) is 9.18 Å². The standard InChI is InChI=1S/C29H20BrFN4O2/c1-17-13-20(18(2)34(17)25-10-6-4-8-23(25)31)16-32-35-28(33-24-9-5-3-7-22(24)29(35)36)27-15-19-14-21(30)11-12-26(19)37-27/h3-16H,1-2H3. The summed E-state index contributed by atoms with van der Waals surface area (Å²) in [6.45, 7) is 3.79. The Morgan fingerprint density at radius 2 is 1.78 bits per heavy atom. The lowest BCUT2D eigenvalue weighted by molar-refractivity contribution is 0.615. The summed E-state index contributed by atoms with van der Waals surface area (Å²) in [6, 6.07) is 23.2. The van der Waals surface area contributed by atoms with Crippen molar-refractivity contribution in [3.8, 4) is 17.3 Å². The van der Waals surface area contributed by atoms with Gasteiger partial charge in [-0.3, -0.25) is 4.79 Å². The molecular formula is C29H20BrFN4O2. The quantitative estimate of drug-likeness (QED) is 0.220. The minimum absolute atomic E-state index is 0.287. The summed E-state index contributed by atoms with van der Waals surface area (Å²) in [6.07, 6.45) is 1.60. The van der Waals surface area contributed by atoms with E-state index in [1.807, 2.05) is 54.8 Å². The van der Waals surface area contributed by atoms with Crippen molar-refractivity contribution in [3.05, 3.63) is 116 Å². The number of benzene rings is 3. The molecule has 6 nitrogen and oxygen atoms in total. The molecule has 3 heterocycles. The Morgan fingerprint density at radius 1 is 1.00 bits per heavy atom. The third kappa shape index (κ3) is 3.99. The summed E-state index contributed by atoms with van der Waals surface area (Å²) in [7, 11) is 0.